The number of aromatic amines is 1. The number of halogens is 5. The van der Waals surface area contributed by atoms with E-state index in [1.165, 1.54) is 6.07 Å². The van der Waals surface area contributed by atoms with Gasteiger partial charge in [0.2, 0.25) is 0 Å². The fourth-order valence-electron chi connectivity index (χ4n) is 1.35. The Morgan fingerprint density at radius 3 is 2.55 bits per heavy atom. The molecular weight excluding hydrogens is 302 g/mol. The molecule has 1 heterocycles. The van der Waals surface area contributed by atoms with Crippen molar-refractivity contribution >= 4 is 23.2 Å². The van der Waals surface area contributed by atoms with Gasteiger partial charge < -0.3 is 5.32 Å². The molecule has 0 bridgehead atoms. The van der Waals surface area contributed by atoms with Crippen molar-refractivity contribution in [1.29, 1.82) is 0 Å². The number of anilines is 1. The van der Waals surface area contributed by atoms with Gasteiger partial charge in [0, 0.05) is 11.8 Å². The quantitative estimate of drug-likeness (QED) is 0.835. The predicted octanol–water partition coefficient (Wildman–Crippen LogP) is 3.47. The van der Waals surface area contributed by atoms with E-state index in [0.29, 0.717) is 6.07 Å². The Balaban J connectivity index is 2.16. The predicted molar refractivity (Wildman–Crippen MR) is 63.0 cm³/mol. The number of alkyl halides is 3. The summed E-state index contributed by atoms with van der Waals surface area (Å²) in [6, 6.07) is 3.94. The Labute approximate surface area is 114 Å². The molecule has 0 aliphatic heterocycles. The molecule has 9 heteroatoms. The SMILES string of the molecule is O=C(Nc1ccc(F)c(Cl)c1)c1cc(C(F)(F)F)[nH]n1. The summed E-state index contributed by atoms with van der Waals surface area (Å²) in [7, 11) is 0. The van der Waals surface area contributed by atoms with Gasteiger partial charge in [-0.05, 0) is 18.2 Å². The number of nitrogens with zero attached hydrogens (tertiary/aromatic N) is 1. The van der Waals surface area contributed by atoms with E-state index in [2.05, 4.69) is 10.4 Å². The number of rotatable bonds is 2. The highest BCUT2D eigenvalue weighted by molar-refractivity contribution is 6.31. The maximum Gasteiger partial charge on any atom is 0.432 e. The lowest BCUT2D eigenvalue weighted by molar-refractivity contribution is -0.141. The number of hydrogen-bond acceptors (Lipinski definition) is 2. The minimum Gasteiger partial charge on any atom is -0.321 e. The van der Waals surface area contributed by atoms with Crippen LogP contribution < -0.4 is 5.32 Å². The van der Waals surface area contributed by atoms with Gasteiger partial charge >= 0.3 is 6.18 Å². The second-order valence-electron chi connectivity index (χ2n) is 3.75. The first-order valence-electron chi connectivity index (χ1n) is 5.16. The first-order chi connectivity index (χ1) is 9.27. The third-order valence-corrected chi connectivity index (χ3v) is 2.58. The molecule has 1 aromatic heterocycles. The molecular formula is C11H6ClF4N3O. The summed E-state index contributed by atoms with van der Waals surface area (Å²) in [4.78, 5) is 11.7. The van der Waals surface area contributed by atoms with Crippen molar-refractivity contribution in [3.63, 3.8) is 0 Å². The zero-order valence-electron chi connectivity index (χ0n) is 9.55. The Kier molecular flexibility index (Phi) is 3.67. The number of nitrogens with one attached hydrogen (secondary N) is 2. The van der Waals surface area contributed by atoms with Crippen molar-refractivity contribution in [2.75, 3.05) is 5.32 Å². The zero-order valence-corrected chi connectivity index (χ0v) is 10.3. The Morgan fingerprint density at radius 2 is 2.00 bits per heavy atom. The van der Waals surface area contributed by atoms with Gasteiger partial charge in [-0.15, -0.1) is 0 Å². The van der Waals surface area contributed by atoms with Crippen molar-refractivity contribution < 1.29 is 22.4 Å². The molecule has 2 N–H and O–H groups in total. The van der Waals surface area contributed by atoms with E-state index >= 15 is 0 Å². The van der Waals surface area contributed by atoms with Crippen LogP contribution in [-0.4, -0.2) is 16.1 Å². The maximum absolute atomic E-state index is 12.9. The molecule has 0 fully saturated rings. The van der Waals surface area contributed by atoms with Gasteiger partial charge in [-0.25, -0.2) is 4.39 Å². The van der Waals surface area contributed by atoms with Crippen LogP contribution in [0.25, 0.3) is 0 Å². The van der Waals surface area contributed by atoms with E-state index in [9.17, 15) is 22.4 Å². The highest BCUT2D eigenvalue weighted by atomic mass is 35.5. The molecule has 4 nitrogen and oxygen atoms in total. The van der Waals surface area contributed by atoms with E-state index in [1.807, 2.05) is 0 Å². The van der Waals surface area contributed by atoms with Gasteiger partial charge in [0.25, 0.3) is 5.91 Å². The molecule has 0 aliphatic carbocycles. The molecule has 20 heavy (non-hydrogen) atoms. The molecule has 0 saturated carbocycles. The number of H-pyrrole nitrogens is 1. The molecule has 2 rings (SSSR count). The Hall–Kier alpha value is -2.09. The molecule has 0 saturated heterocycles. The third-order valence-electron chi connectivity index (χ3n) is 2.29. The Morgan fingerprint density at radius 1 is 1.30 bits per heavy atom. The van der Waals surface area contributed by atoms with Crippen LogP contribution in [0.5, 0.6) is 0 Å². The van der Waals surface area contributed by atoms with Crippen molar-refractivity contribution in [3.05, 3.63) is 46.5 Å². The molecule has 0 unspecified atom stereocenters. The summed E-state index contributed by atoms with van der Waals surface area (Å²) in [5.74, 6) is -1.55. The second kappa shape index (κ2) is 5.12. The van der Waals surface area contributed by atoms with Gasteiger partial charge in [0.1, 0.15) is 11.5 Å². The molecule has 106 valence electrons. The summed E-state index contributed by atoms with van der Waals surface area (Å²) >= 11 is 5.51. The van der Waals surface area contributed by atoms with Crippen LogP contribution in [-0.2, 0) is 6.18 Å². The normalized spacial score (nSPS) is 11.4. The first kappa shape index (κ1) is 14.3. The van der Waals surface area contributed by atoms with Crippen molar-refractivity contribution in [2.45, 2.75) is 6.18 Å². The number of benzene rings is 1. The molecule has 0 radical (unpaired) electrons. The molecule has 1 amide bonds. The van der Waals surface area contributed by atoms with Crippen LogP contribution in [0.2, 0.25) is 5.02 Å². The molecule has 0 atom stereocenters. The molecule has 2 aromatic rings. The smallest absolute Gasteiger partial charge is 0.321 e. The Bertz CT molecular complexity index is 653. The number of carbonyl (C=O) groups excluding carboxylic acids is 1. The molecule has 0 aliphatic rings. The average molecular weight is 308 g/mol. The van der Waals surface area contributed by atoms with Crippen molar-refractivity contribution in [2.24, 2.45) is 0 Å². The van der Waals surface area contributed by atoms with Gasteiger partial charge in [-0.1, -0.05) is 11.6 Å². The molecule has 0 spiro atoms. The fraction of sp³-hybridized carbons (Fsp3) is 0.0909. The minimum atomic E-state index is -4.62. The summed E-state index contributed by atoms with van der Waals surface area (Å²) in [5, 5.41) is 7.00. The fourth-order valence-corrected chi connectivity index (χ4v) is 1.53. The van der Waals surface area contributed by atoms with Crippen LogP contribution in [0.3, 0.4) is 0 Å². The largest absolute Gasteiger partial charge is 0.432 e. The number of amides is 1. The van der Waals surface area contributed by atoms with Crippen LogP contribution in [0.4, 0.5) is 23.2 Å². The van der Waals surface area contributed by atoms with Crippen molar-refractivity contribution in [3.8, 4) is 0 Å². The van der Waals surface area contributed by atoms with Crippen molar-refractivity contribution in [1.82, 2.24) is 10.2 Å². The van der Waals surface area contributed by atoms with Gasteiger partial charge in [0.15, 0.2) is 5.69 Å². The first-order valence-corrected chi connectivity index (χ1v) is 5.54. The topological polar surface area (TPSA) is 57.8 Å². The standard InChI is InChI=1S/C11H6ClF4N3O/c12-6-3-5(1-2-7(6)13)17-10(20)8-4-9(19-18-8)11(14,15)16/h1-4H,(H,17,20)(H,18,19). The molecule has 1 aromatic carbocycles. The van der Waals surface area contributed by atoms with E-state index in [1.54, 1.807) is 5.10 Å². The lowest BCUT2D eigenvalue weighted by Gasteiger charge is -2.03. The monoisotopic (exact) mass is 307 g/mol. The van der Waals surface area contributed by atoms with Gasteiger partial charge in [-0.3, -0.25) is 9.89 Å². The van der Waals surface area contributed by atoms with Crippen LogP contribution in [0, 0.1) is 5.82 Å². The van der Waals surface area contributed by atoms with Crippen LogP contribution in [0.1, 0.15) is 16.2 Å². The minimum absolute atomic E-state index is 0.137. The van der Waals surface area contributed by atoms with Crippen LogP contribution >= 0.6 is 11.6 Å². The third kappa shape index (κ3) is 3.08. The number of hydrogen-bond donors (Lipinski definition) is 2. The van der Waals surface area contributed by atoms with Gasteiger partial charge in [0.05, 0.1) is 5.02 Å². The van der Waals surface area contributed by atoms with E-state index in [4.69, 9.17) is 11.6 Å². The summed E-state index contributed by atoms with van der Waals surface area (Å²) < 4.78 is 49.9. The highest BCUT2D eigenvalue weighted by Gasteiger charge is 2.33. The maximum atomic E-state index is 12.9. The van der Waals surface area contributed by atoms with Gasteiger partial charge in [-0.2, -0.15) is 18.3 Å². The lowest BCUT2D eigenvalue weighted by atomic mass is 10.3. The average Bonchev–Trinajstić information content (AvgIpc) is 2.83. The lowest BCUT2D eigenvalue weighted by Crippen LogP contribution is -2.12. The van der Waals surface area contributed by atoms with E-state index in [0.717, 1.165) is 12.1 Å². The highest BCUT2D eigenvalue weighted by Crippen LogP contribution is 2.28. The summed E-state index contributed by atoms with van der Waals surface area (Å²) in [5.41, 5.74) is -1.45. The second-order valence-corrected chi connectivity index (χ2v) is 4.15. The number of aromatic nitrogens is 2. The summed E-state index contributed by atoms with van der Waals surface area (Å²) in [6.45, 7) is 0. The summed E-state index contributed by atoms with van der Waals surface area (Å²) in [6.07, 6.45) is -4.62. The van der Waals surface area contributed by atoms with Crippen LogP contribution in [0.15, 0.2) is 24.3 Å². The zero-order chi connectivity index (χ0) is 14.9. The van der Waals surface area contributed by atoms with E-state index < -0.39 is 29.3 Å². The van der Waals surface area contributed by atoms with E-state index in [-0.39, 0.29) is 10.7 Å². The number of carbonyl (C=O) groups is 1.